The summed E-state index contributed by atoms with van der Waals surface area (Å²) in [5, 5.41) is 0. The van der Waals surface area contributed by atoms with Crippen LogP contribution in [0.2, 0.25) is 0 Å². The predicted octanol–water partition coefficient (Wildman–Crippen LogP) is 5.77. The van der Waals surface area contributed by atoms with Crippen LogP contribution in [-0.2, 0) is 15.6 Å². The lowest BCUT2D eigenvalue weighted by molar-refractivity contribution is -0.274. The van der Waals surface area contributed by atoms with Crippen LogP contribution in [0.15, 0.2) is 53.4 Å². The van der Waals surface area contributed by atoms with E-state index in [9.17, 15) is 21.6 Å². The number of hydrogen-bond acceptors (Lipinski definition) is 8. The summed E-state index contributed by atoms with van der Waals surface area (Å²) in [5.41, 5.74) is 1.54. The number of sulfone groups is 1. The van der Waals surface area contributed by atoms with Gasteiger partial charge in [0.15, 0.2) is 32.8 Å². The minimum Gasteiger partial charge on any atom is -0.493 e. The molecule has 0 saturated carbocycles. The third-order valence-electron chi connectivity index (χ3n) is 5.55. The maximum atomic E-state index is 13.2. The first-order valence-electron chi connectivity index (χ1n) is 11.3. The molecule has 0 aliphatic heterocycles. The number of hydrogen-bond donors (Lipinski definition) is 0. The molecule has 3 aromatic rings. The van der Waals surface area contributed by atoms with Crippen LogP contribution in [0.4, 0.5) is 13.2 Å². The van der Waals surface area contributed by atoms with Crippen LogP contribution in [0.3, 0.4) is 0 Å². The monoisotopic (exact) mass is 568 g/mol. The highest BCUT2D eigenvalue weighted by atomic mass is 32.2. The molecule has 0 aliphatic carbocycles. The first-order valence-corrected chi connectivity index (χ1v) is 12.9. The van der Waals surface area contributed by atoms with Crippen molar-refractivity contribution < 1.29 is 50.0 Å². The Morgan fingerprint density at radius 2 is 1.26 bits per heavy atom. The van der Waals surface area contributed by atoms with E-state index in [2.05, 4.69) is 4.74 Å². The van der Waals surface area contributed by atoms with Gasteiger partial charge in [-0.05, 0) is 65.2 Å². The average molecular weight is 569 g/mol. The molecule has 12 heteroatoms. The zero-order valence-electron chi connectivity index (χ0n) is 21.8. The highest BCUT2D eigenvalue weighted by molar-refractivity contribution is 7.90. The van der Waals surface area contributed by atoms with E-state index in [1.807, 2.05) is 0 Å². The largest absolute Gasteiger partial charge is 0.573 e. The molecule has 8 nitrogen and oxygen atoms in total. The van der Waals surface area contributed by atoms with Crippen molar-refractivity contribution in [3.8, 4) is 34.5 Å². The second-order valence-electron chi connectivity index (χ2n) is 7.98. The lowest BCUT2D eigenvalue weighted by Crippen LogP contribution is -2.17. The molecule has 0 N–H and O–H groups in total. The Hall–Kier alpha value is -4.06. The fraction of sp³-hybridized carbons (Fsp3) is 0.259. The smallest absolute Gasteiger partial charge is 0.493 e. The summed E-state index contributed by atoms with van der Waals surface area (Å²) >= 11 is 0. The van der Waals surface area contributed by atoms with Crippen molar-refractivity contribution in [1.82, 2.24) is 0 Å². The van der Waals surface area contributed by atoms with Gasteiger partial charge in [0.25, 0.3) is 0 Å². The van der Waals surface area contributed by atoms with E-state index in [4.69, 9.17) is 23.7 Å². The summed E-state index contributed by atoms with van der Waals surface area (Å²) in [5.74, 6) is 0.970. The second-order valence-corrected chi connectivity index (χ2v) is 9.97. The van der Waals surface area contributed by atoms with E-state index in [0.29, 0.717) is 45.4 Å². The minimum atomic E-state index is -4.89. The molecule has 0 unspecified atom stereocenters. The Labute approximate surface area is 224 Å². The molecule has 39 heavy (non-hydrogen) atoms. The van der Waals surface area contributed by atoms with Crippen LogP contribution in [0, 0.1) is 0 Å². The molecule has 0 heterocycles. The van der Waals surface area contributed by atoms with Crippen LogP contribution in [0.5, 0.6) is 34.5 Å². The van der Waals surface area contributed by atoms with Gasteiger partial charge < -0.3 is 28.4 Å². The summed E-state index contributed by atoms with van der Waals surface area (Å²) < 4.78 is 94.5. The summed E-state index contributed by atoms with van der Waals surface area (Å²) in [4.78, 5) is -0.175. The summed E-state index contributed by atoms with van der Waals surface area (Å²) in [6, 6.07) is 10.6. The molecular weight excluding hydrogens is 541 g/mol. The predicted molar refractivity (Wildman–Crippen MR) is 139 cm³/mol. The van der Waals surface area contributed by atoms with Crippen molar-refractivity contribution in [2.45, 2.75) is 17.0 Å². The normalized spacial score (nSPS) is 11.8. The highest BCUT2D eigenvalue weighted by Gasteiger charge is 2.31. The van der Waals surface area contributed by atoms with Crippen molar-refractivity contribution in [3.05, 3.63) is 65.2 Å². The second kappa shape index (κ2) is 12.2. The number of rotatable bonds is 11. The number of ether oxygens (including phenoxy) is 6. The number of benzene rings is 3. The van der Waals surface area contributed by atoms with Crippen LogP contribution >= 0.6 is 0 Å². The molecule has 0 radical (unpaired) electrons. The van der Waals surface area contributed by atoms with Crippen LogP contribution < -0.4 is 28.4 Å². The van der Waals surface area contributed by atoms with Gasteiger partial charge in [-0.25, -0.2) is 8.42 Å². The Morgan fingerprint density at radius 1 is 0.718 bits per heavy atom. The van der Waals surface area contributed by atoms with Gasteiger partial charge in [-0.2, -0.15) is 0 Å². The van der Waals surface area contributed by atoms with E-state index < -0.39 is 27.7 Å². The third-order valence-corrected chi connectivity index (χ3v) is 7.23. The van der Waals surface area contributed by atoms with Crippen molar-refractivity contribution >= 4 is 22.0 Å². The van der Waals surface area contributed by atoms with Crippen molar-refractivity contribution in [2.75, 3.05) is 35.5 Å². The molecule has 3 rings (SSSR count). The first kappa shape index (κ1) is 29.5. The maximum absolute atomic E-state index is 13.2. The Bertz CT molecular complexity index is 1410. The van der Waals surface area contributed by atoms with Crippen molar-refractivity contribution in [3.63, 3.8) is 0 Å². The summed E-state index contributed by atoms with van der Waals surface area (Å²) in [7, 11) is 3.36. The zero-order chi connectivity index (χ0) is 28.8. The minimum absolute atomic E-state index is 0.175. The SMILES string of the molecule is COc1cc(/C=C\c2cc(OC)c(OC)c(OC)c2)c(CS(=O)(=O)c2ccc(OC(F)(F)F)cc2)cc1OC. The van der Waals surface area contributed by atoms with Gasteiger partial charge in [0, 0.05) is 0 Å². The molecule has 3 aromatic carbocycles. The molecule has 0 aliphatic rings. The van der Waals surface area contributed by atoms with E-state index in [1.54, 1.807) is 30.4 Å². The third kappa shape index (κ3) is 7.29. The molecule has 0 saturated heterocycles. The number of methoxy groups -OCH3 is 5. The molecule has 0 amide bonds. The summed E-state index contributed by atoms with van der Waals surface area (Å²) in [6.45, 7) is 0. The van der Waals surface area contributed by atoms with Gasteiger partial charge >= 0.3 is 6.36 Å². The van der Waals surface area contributed by atoms with Gasteiger partial charge in [-0.15, -0.1) is 13.2 Å². The van der Waals surface area contributed by atoms with Gasteiger partial charge in [0.1, 0.15) is 5.75 Å². The molecule has 0 spiro atoms. The van der Waals surface area contributed by atoms with Gasteiger partial charge in [0.2, 0.25) is 5.75 Å². The molecule has 0 fully saturated rings. The lowest BCUT2D eigenvalue weighted by Gasteiger charge is -2.15. The summed E-state index contributed by atoms with van der Waals surface area (Å²) in [6.07, 6.45) is -1.47. The zero-order valence-corrected chi connectivity index (χ0v) is 22.6. The fourth-order valence-corrected chi connectivity index (χ4v) is 5.11. The highest BCUT2D eigenvalue weighted by Crippen LogP contribution is 2.39. The van der Waals surface area contributed by atoms with Crippen molar-refractivity contribution in [2.24, 2.45) is 0 Å². The molecule has 0 bridgehead atoms. The van der Waals surface area contributed by atoms with Gasteiger partial charge in [-0.3, -0.25) is 0 Å². The van der Waals surface area contributed by atoms with E-state index >= 15 is 0 Å². The molecule has 0 aromatic heterocycles. The van der Waals surface area contributed by atoms with Gasteiger partial charge in [0.05, 0.1) is 46.2 Å². The maximum Gasteiger partial charge on any atom is 0.573 e. The van der Waals surface area contributed by atoms with Gasteiger partial charge in [-0.1, -0.05) is 12.2 Å². The van der Waals surface area contributed by atoms with E-state index in [-0.39, 0.29) is 4.90 Å². The first-order chi connectivity index (χ1) is 18.4. The average Bonchev–Trinajstić information content (AvgIpc) is 2.90. The van der Waals surface area contributed by atoms with E-state index in [1.165, 1.54) is 41.6 Å². The van der Waals surface area contributed by atoms with E-state index in [0.717, 1.165) is 24.3 Å². The standard InChI is InChI=1S/C27H27F3O8S/c1-33-22-14-18(7-6-17-12-24(35-3)26(37-5)25(13-17)36-4)19(15-23(22)34-2)16-39(31,32)21-10-8-20(9-11-21)38-27(28,29)30/h6-15H,16H2,1-5H3/b7-6-. The lowest BCUT2D eigenvalue weighted by atomic mass is 10.1. The Kier molecular flexibility index (Phi) is 9.23. The fourth-order valence-electron chi connectivity index (χ4n) is 3.74. The molecule has 210 valence electrons. The Balaban J connectivity index is 2.02. The van der Waals surface area contributed by atoms with Crippen LogP contribution in [0.1, 0.15) is 16.7 Å². The van der Waals surface area contributed by atoms with Crippen LogP contribution in [-0.4, -0.2) is 50.3 Å². The van der Waals surface area contributed by atoms with Crippen LogP contribution in [0.25, 0.3) is 12.2 Å². The van der Waals surface area contributed by atoms with Crippen molar-refractivity contribution in [1.29, 1.82) is 0 Å². The molecule has 0 atom stereocenters. The Morgan fingerprint density at radius 3 is 1.74 bits per heavy atom. The number of alkyl halides is 3. The topological polar surface area (TPSA) is 89.5 Å². The number of halogens is 3. The quantitative estimate of drug-likeness (QED) is 0.269. The molecular formula is C27H27F3O8S.